The highest BCUT2D eigenvalue weighted by Crippen LogP contribution is 2.28. The van der Waals surface area contributed by atoms with E-state index in [2.05, 4.69) is 37.3 Å². The number of aryl methyl sites for hydroxylation is 1. The summed E-state index contributed by atoms with van der Waals surface area (Å²) in [4.78, 5) is 0. The molecule has 1 aromatic rings. The molecule has 0 spiro atoms. The van der Waals surface area contributed by atoms with Crippen LogP contribution >= 0.6 is 0 Å². The highest BCUT2D eigenvalue weighted by atomic mass is 16.5. The molecule has 132 valence electrons. The molecule has 1 saturated carbocycles. The Hall–Kier alpha value is -1.49. The number of rotatable bonds is 10. The fourth-order valence-electron chi connectivity index (χ4n) is 3.53. The summed E-state index contributed by atoms with van der Waals surface area (Å²) in [6.07, 6.45) is 13.7. The monoisotopic (exact) mass is 327 g/mol. The molecule has 2 heteroatoms. The first-order chi connectivity index (χ1) is 11.8. The van der Waals surface area contributed by atoms with Gasteiger partial charge >= 0.3 is 0 Å². The van der Waals surface area contributed by atoms with E-state index >= 15 is 0 Å². The average molecular weight is 328 g/mol. The van der Waals surface area contributed by atoms with E-state index in [1.54, 1.807) is 0 Å². The van der Waals surface area contributed by atoms with Gasteiger partial charge < -0.3 is 4.74 Å². The number of hydrogen-bond acceptors (Lipinski definition) is 2. The molecular weight excluding hydrogens is 294 g/mol. The van der Waals surface area contributed by atoms with Gasteiger partial charge in [-0.15, -0.1) is 0 Å². The molecule has 0 aromatic heterocycles. The predicted octanol–water partition coefficient (Wildman–Crippen LogP) is 6.30. The minimum absolute atomic E-state index is 0.280. The Balaban J connectivity index is 1.61. The minimum Gasteiger partial charge on any atom is -0.493 e. The van der Waals surface area contributed by atoms with Crippen LogP contribution < -0.4 is 4.74 Å². The van der Waals surface area contributed by atoms with Crippen LogP contribution in [0.1, 0.15) is 76.7 Å². The molecule has 1 aliphatic rings. The second-order valence-corrected chi connectivity index (χ2v) is 7.32. The van der Waals surface area contributed by atoms with E-state index in [-0.39, 0.29) is 5.92 Å². The third kappa shape index (κ3) is 6.95. The van der Waals surface area contributed by atoms with Crippen molar-refractivity contribution in [2.24, 2.45) is 11.8 Å². The molecule has 0 N–H and O–H groups in total. The molecule has 0 aliphatic heterocycles. The second-order valence-electron chi connectivity index (χ2n) is 7.32. The Bertz CT molecular complexity index is 480. The number of nitriles is 1. The van der Waals surface area contributed by atoms with Crippen molar-refractivity contribution in [3.63, 3.8) is 0 Å². The Kier molecular flexibility index (Phi) is 8.74. The molecular formula is C22H33NO. The lowest BCUT2D eigenvalue weighted by molar-refractivity contribution is 0.196. The lowest BCUT2D eigenvalue weighted by atomic mass is 9.83. The summed E-state index contributed by atoms with van der Waals surface area (Å²) in [6.45, 7) is 3.07. The van der Waals surface area contributed by atoms with Gasteiger partial charge in [0.25, 0.3) is 0 Å². The zero-order valence-electron chi connectivity index (χ0n) is 15.3. The summed E-state index contributed by atoms with van der Waals surface area (Å²) in [5.41, 5.74) is 1.42. The van der Waals surface area contributed by atoms with E-state index in [1.807, 2.05) is 0 Å². The third-order valence-electron chi connectivity index (χ3n) is 5.26. The molecule has 24 heavy (non-hydrogen) atoms. The van der Waals surface area contributed by atoms with Gasteiger partial charge in [-0.05, 0) is 62.1 Å². The smallest absolute Gasteiger partial charge is 0.119 e. The first kappa shape index (κ1) is 18.8. The Morgan fingerprint density at radius 3 is 2.29 bits per heavy atom. The number of hydrogen-bond donors (Lipinski definition) is 0. The molecule has 2 nitrogen and oxygen atoms in total. The van der Waals surface area contributed by atoms with Crippen molar-refractivity contribution >= 4 is 0 Å². The van der Waals surface area contributed by atoms with Gasteiger partial charge in [-0.2, -0.15) is 5.26 Å². The van der Waals surface area contributed by atoms with Crippen LogP contribution in [0.4, 0.5) is 0 Å². The van der Waals surface area contributed by atoms with Gasteiger partial charge in [0.2, 0.25) is 0 Å². The van der Waals surface area contributed by atoms with Crippen LogP contribution in [0.15, 0.2) is 24.3 Å². The van der Waals surface area contributed by atoms with Crippen molar-refractivity contribution in [2.75, 3.05) is 6.61 Å². The summed E-state index contributed by atoms with van der Waals surface area (Å²) < 4.78 is 5.96. The fourth-order valence-corrected chi connectivity index (χ4v) is 3.53. The standard InChI is InChI=1S/C22H33NO/c1-2-3-4-5-6-7-8-19-13-15-22(16-14-19)24-18-21-11-9-20(17-23)10-12-21/h13-16,20-21H,2-12,18H2,1H3. The van der Waals surface area contributed by atoms with Crippen molar-refractivity contribution in [1.29, 1.82) is 5.26 Å². The van der Waals surface area contributed by atoms with Crippen LogP contribution in [0.25, 0.3) is 0 Å². The summed E-state index contributed by atoms with van der Waals surface area (Å²) in [5, 5.41) is 8.95. The van der Waals surface area contributed by atoms with E-state index in [0.717, 1.165) is 38.0 Å². The van der Waals surface area contributed by atoms with Gasteiger partial charge in [-0.1, -0.05) is 51.2 Å². The first-order valence-electron chi connectivity index (χ1n) is 9.93. The topological polar surface area (TPSA) is 33.0 Å². The number of benzene rings is 1. The van der Waals surface area contributed by atoms with Crippen molar-refractivity contribution < 1.29 is 4.74 Å². The van der Waals surface area contributed by atoms with Crippen LogP contribution in [0, 0.1) is 23.2 Å². The molecule has 0 saturated heterocycles. The molecule has 1 aliphatic carbocycles. The van der Waals surface area contributed by atoms with E-state index in [9.17, 15) is 0 Å². The maximum atomic E-state index is 8.95. The van der Waals surface area contributed by atoms with Crippen LogP contribution in [-0.2, 0) is 6.42 Å². The number of nitrogens with zero attached hydrogens (tertiary/aromatic N) is 1. The van der Waals surface area contributed by atoms with Crippen LogP contribution in [0.5, 0.6) is 5.75 Å². The Morgan fingerprint density at radius 1 is 0.958 bits per heavy atom. The maximum absolute atomic E-state index is 8.95. The van der Waals surface area contributed by atoms with Gasteiger partial charge in [0.05, 0.1) is 12.7 Å². The zero-order chi connectivity index (χ0) is 17.0. The average Bonchev–Trinajstić information content (AvgIpc) is 2.64. The van der Waals surface area contributed by atoms with Crippen LogP contribution in [0.3, 0.4) is 0 Å². The normalized spacial score (nSPS) is 20.5. The molecule has 0 heterocycles. The number of unbranched alkanes of at least 4 members (excludes halogenated alkanes) is 5. The quantitative estimate of drug-likeness (QED) is 0.472. The van der Waals surface area contributed by atoms with Crippen molar-refractivity contribution in [2.45, 2.75) is 77.6 Å². The number of ether oxygens (including phenoxy) is 1. The van der Waals surface area contributed by atoms with E-state index in [1.165, 1.54) is 50.5 Å². The molecule has 2 rings (SSSR count). The highest BCUT2D eigenvalue weighted by molar-refractivity contribution is 5.27. The SMILES string of the molecule is CCCCCCCCc1ccc(OCC2CCC(C#N)CC2)cc1. The summed E-state index contributed by atoms with van der Waals surface area (Å²) >= 11 is 0. The second kappa shape index (κ2) is 11.1. The summed E-state index contributed by atoms with van der Waals surface area (Å²) in [6, 6.07) is 11.1. The fraction of sp³-hybridized carbons (Fsp3) is 0.682. The minimum atomic E-state index is 0.280. The zero-order valence-corrected chi connectivity index (χ0v) is 15.3. The first-order valence-corrected chi connectivity index (χ1v) is 9.93. The molecule has 1 fully saturated rings. The lowest BCUT2D eigenvalue weighted by Crippen LogP contribution is -2.19. The Labute approximate surface area is 148 Å². The van der Waals surface area contributed by atoms with E-state index < -0.39 is 0 Å². The summed E-state index contributed by atoms with van der Waals surface area (Å²) in [5.74, 6) is 1.89. The summed E-state index contributed by atoms with van der Waals surface area (Å²) in [7, 11) is 0. The maximum Gasteiger partial charge on any atom is 0.119 e. The van der Waals surface area contributed by atoms with Crippen LogP contribution in [0.2, 0.25) is 0 Å². The van der Waals surface area contributed by atoms with Crippen molar-refractivity contribution in [3.05, 3.63) is 29.8 Å². The molecule has 0 bridgehead atoms. The van der Waals surface area contributed by atoms with Crippen molar-refractivity contribution in [3.8, 4) is 11.8 Å². The largest absolute Gasteiger partial charge is 0.493 e. The van der Waals surface area contributed by atoms with E-state index in [4.69, 9.17) is 10.00 Å². The van der Waals surface area contributed by atoms with Crippen LogP contribution in [-0.4, -0.2) is 6.61 Å². The van der Waals surface area contributed by atoms with E-state index in [0.29, 0.717) is 5.92 Å². The molecule has 0 atom stereocenters. The highest BCUT2D eigenvalue weighted by Gasteiger charge is 2.21. The molecule has 0 radical (unpaired) electrons. The third-order valence-corrected chi connectivity index (χ3v) is 5.26. The van der Waals surface area contributed by atoms with Gasteiger partial charge in [0.15, 0.2) is 0 Å². The molecule has 0 unspecified atom stereocenters. The Morgan fingerprint density at radius 2 is 1.62 bits per heavy atom. The van der Waals surface area contributed by atoms with Gasteiger partial charge in [-0.3, -0.25) is 0 Å². The van der Waals surface area contributed by atoms with Gasteiger partial charge in [0, 0.05) is 5.92 Å². The predicted molar refractivity (Wildman–Crippen MR) is 100 cm³/mol. The molecule has 0 amide bonds. The molecule has 1 aromatic carbocycles. The van der Waals surface area contributed by atoms with Crippen molar-refractivity contribution in [1.82, 2.24) is 0 Å². The van der Waals surface area contributed by atoms with Gasteiger partial charge in [0.1, 0.15) is 5.75 Å². The van der Waals surface area contributed by atoms with Gasteiger partial charge in [-0.25, -0.2) is 0 Å². The lowest BCUT2D eigenvalue weighted by Gasteiger charge is -2.24.